The summed E-state index contributed by atoms with van der Waals surface area (Å²) in [6.45, 7) is 15.2. The van der Waals surface area contributed by atoms with E-state index in [2.05, 4.69) is 15.3 Å². The number of piperidine rings is 1. The lowest BCUT2D eigenvalue weighted by molar-refractivity contribution is -0.327. The van der Waals surface area contributed by atoms with Crippen LogP contribution in [0.4, 0.5) is 19.1 Å². The molecular weight excluding hydrogens is 739 g/mol. The van der Waals surface area contributed by atoms with Crippen molar-refractivity contribution in [3.63, 3.8) is 0 Å². The van der Waals surface area contributed by atoms with Gasteiger partial charge >= 0.3 is 12.1 Å². The monoisotopic (exact) mass is 803 g/mol. The summed E-state index contributed by atoms with van der Waals surface area (Å²) in [5.74, 6) is -3.70. The van der Waals surface area contributed by atoms with Crippen LogP contribution in [0.25, 0.3) is 0 Å². The molecule has 0 saturated carbocycles. The molecule has 1 spiro atoms. The summed E-state index contributed by atoms with van der Waals surface area (Å²) in [5, 5.41) is 38.0. The molecule has 1 aromatic heterocycles. The number of rotatable bonds is 5. The van der Waals surface area contributed by atoms with Gasteiger partial charge in [0, 0.05) is 50.1 Å². The third-order valence-electron chi connectivity index (χ3n) is 12.4. The van der Waals surface area contributed by atoms with Crippen LogP contribution in [0.5, 0.6) is 0 Å². The number of cyclic esters (lactones) is 1. The lowest BCUT2D eigenvalue weighted by atomic mass is 9.78. The zero-order valence-corrected chi connectivity index (χ0v) is 34.5. The maximum atomic E-state index is 14.2. The number of esters is 1. The smallest absolute Gasteiger partial charge is 0.433 e. The second-order valence-corrected chi connectivity index (χ2v) is 17.4. The molecular formula is C39H64F3N5O9. The van der Waals surface area contributed by atoms with Crippen LogP contribution in [0.15, 0.2) is 12.3 Å². The van der Waals surface area contributed by atoms with Gasteiger partial charge in [-0.2, -0.15) is 13.2 Å². The van der Waals surface area contributed by atoms with Crippen molar-refractivity contribution in [1.29, 1.82) is 0 Å². The summed E-state index contributed by atoms with van der Waals surface area (Å²) in [6.07, 6.45) is -8.36. The first kappa shape index (κ1) is 44.9. The van der Waals surface area contributed by atoms with Crippen LogP contribution in [0, 0.1) is 17.8 Å². The number of hydrogen-bond acceptors (Lipinski definition) is 14. The molecule has 0 aromatic carbocycles. The van der Waals surface area contributed by atoms with E-state index in [0.29, 0.717) is 19.4 Å². The van der Waals surface area contributed by atoms with Crippen LogP contribution in [0.3, 0.4) is 0 Å². The van der Waals surface area contributed by atoms with Gasteiger partial charge in [-0.15, -0.1) is 0 Å². The fourth-order valence-electron chi connectivity index (χ4n) is 9.26. The molecule has 4 N–H and O–H groups in total. The van der Waals surface area contributed by atoms with Crippen LogP contribution < -0.4 is 10.2 Å². The van der Waals surface area contributed by atoms with Gasteiger partial charge in [0.25, 0.3) is 0 Å². The first-order chi connectivity index (χ1) is 26.0. The fraction of sp³-hybridized carbons (Fsp3) is 0.872. The number of halogens is 3. The SMILES string of the molecule is CC[C@H]1OC(=O)[C@H](C)[C@H]2OC3(CCN(c4nccc(C(F)(F)F)n4)CC3)O[C@](C)(C[C@@H](C)CN[C@H](C)[C@@H](O)[C@]1(C)O)[C@H](O[C@@H]1O[C@H](C)CC(N(C)C)[C@H]1O)[C@H]2C. The zero-order valence-electron chi connectivity index (χ0n) is 34.5. The summed E-state index contributed by atoms with van der Waals surface area (Å²) < 4.78 is 74.3. The number of nitrogens with one attached hydrogen (secondary N) is 1. The number of aliphatic hydroxyl groups is 3. The first-order valence-corrected chi connectivity index (χ1v) is 20.0. The molecule has 320 valence electrons. The van der Waals surface area contributed by atoms with E-state index in [-0.39, 0.29) is 56.4 Å². The summed E-state index contributed by atoms with van der Waals surface area (Å²) in [7, 11) is 3.78. The molecule has 14 nitrogen and oxygen atoms in total. The van der Waals surface area contributed by atoms with Crippen LogP contribution in [0.2, 0.25) is 0 Å². The van der Waals surface area contributed by atoms with E-state index < -0.39 is 89.5 Å². The highest BCUT2D eigenvalue weighted by atomic mass is 19.4. The number of hydrogen-bond donors (Lipinski definition) is 4. The highest BCUT2D eigenvalue weighted by Gasteiger charge is 2.58. The average Bonchev–Trinajstić information content (AvgIpc) is 3.21. The van der Waals surface area contributed by atoms with E-state index in [1.54, 1.807) is 25.7 Å². The molecule has 4 saturated heterocycles. The van der Waals surface area contributed by atoms with E-state index in [1.807, 2.05) is 46.7 Å². The number of nitrogens with zero attached hydrogens (tertiary/aromatic N) is 4. The van der Waals surface area contributed by atoms with Crippen molar-refractivity contribution in [3.05, 3.63) is 18.0 Å². The van der Waals surface area contributed by atoms with Gasteiger partial charge in [-0.1, -0.05) is 20.8 Å². The number of carbonyl (C=O) groups excluding carboxylic acids is 1. The van der Waals surface area contributed by atoms with Crippen molar-refractivity contribution in [2.24, 2.45) is 17.8 Å². The molecule has 0 radical (unpaired) electrons. The number of anilines is 1. The van der Waals surface area contributed by atoms with Gasteiger partial charge in [0.15, 0.2) is 12.1 Å². The largest absolute Gasteiger partial charge is 0.459 e. The molecule has 14 atom stereocenters. The molecule has 5 rings (SSSR count). The number of likely N-dealkylation sites (N-methyl/N-ethyl adjacent to an activating group) is 1. The summed E-state index contributed by atoms with van der Waals surface area (Å²) in [4.78, 5) is 25.8. The Morgan fingerprint density at radius 3 is 2.38 bits per heavy atom. The lowest BCUT2D eigenvalue weighted by Gasteiger charge is -2.49. The summed E-state index contributed by atoms with van der Waals surface area (Å²) in [6, 6.07) is -0.0187. The Labute approximate surface area is 328 Å². The van der Waals surface area contributed by atoms with Crippen molar-refractivity contribution < 1.29 is 57.0 Å². The van der Waals surface area contributed by atoms with Crippen LogP contribution in [0.1, 0.15) is 93.2 Å². The van der Waals surface area contributed by atoms with Gasteiger partial charge in [-0.25, -0.2) is 9.97 Å². The molecule has 56 heavy (non-hydrogen) atoms. The van der Waals surface area contributed by atoms with Gasteiger partial charge < -0.3 is 54.1 Å². The molecule has 2 bridgehead atoms. The summed E-state index contributed by atoms with van der Waals surface area (Å²) in [5.41, 5.74) is -3.99. The Bertz CT molecular complexity index is 1480. The molecule has 0 amide bonds. The minimum absolute atomic E-state index is 0.0646. The Hall–Kier alpha value is -2.22. The fourth-order valence-corrected chi connectivity index (χ4v) is 9.26. The van der Waals surface area contributed by atoms with Gasteiger partial charge in [0.05, 0.1) is 29.8 Å². The quantitative estimate of drug-likeness (QED) is 0.320. The van der Waals surface area contributed by atoms with Crippen molar-refractivity contribution >= 4 is 11.9 Å². The van der Waals surface area contributed by atoms with Crippen LogP contribution >= 0.6 is 0 Å². The Balaban J connectivity index is 1.58. The van der Waals surface area contributed by atoms with Crippen molar-refractivity contribution in [1.82, 2.24) is 20.2 Å². The van der Waals surface area contributed by atoms with Gasteiger partial charge in [0.1, 0.15) is 29.6 Å². The Morgan fingerprint density at radius 1 is 1.11 bits per heavy atom. The molecule has 17 heteroatoms. The standard InChI is InChI=1S/C39H64F3N5O9/c1-11-28-37(8,51)31(49)25(6)44-20-21(2)19-36(7)32(54-34-29(48)26(46(9)10)18-22(3)52-34)23(4)30(24(5)33(50)53-28)55-38(56-36)13-16-47(17-14-38)35-43-15-12-27(45-35)39(40,41)42/h12,15,21-26,28-32,34,44,48-49,51H,11,13-14,16-20H2,1-10H3/t21-,22-,23+,24-,25-,26?,28-,29-,30+,31-,32-,34+,36-,37-/m1/s1. The number of ether oxygens (including phenoxy) is 5. The van der Waals surface area contributed by atoms with E-state index in [1.165, 1.54) is 6.92 Å². The number of aromatic nitrogens is 2. The zero-order chi connectivity index (χ0) is 41.5. The molecule has 4 fully saturated rings. The molecule has 4 aliphatic heterocycles. The molecule has 1 aromatic rings. The van der Waals surface area contributed by atoms with Gasteiger partial charge in [-0.3, -0.25) is 4.79 Å². The second kappa shape index (κ2) is 17.2. The van der Waals surface area contributed by atoms with Crippen molar-refractivity contribution in [2.75, 3.05) is 38.6 Å². The second-order valence-electron chi connectivity index (χ2n) is 17.4. The van der Waals surface area contributed by atoms with Crippen LogP contribution in [-0.2, 0) is 34.7 Å². The third kappa shape index (κ3) is 9.46. The van der Waals surface area contributed by atoms with Gasteiger partial charge in [-0.05, 0) is 86.5 Å². The Kier molecular flexibility index (Phi) is 13.8. The minimum atomic E-state index is -4.64. The molecule has 4 aliphatic rings. The van der Waals surface area contributed by atoms with E-state index >= 15 is 0 Å². The maximum absolute atomic E-state index is 14.2. The van der Waals surface area contributed by atoms with E-state index in [4.69, 9.17) is 23.7 Å². The number of carbonyl (C=O) groups is 1. The number of fused-ring (bicyclic) bond motifs is 3. The molecule has 1 unspecified atom stereocenters. The average molecular weight is 804 g/mol. The van der Waals surface area contributed by atoms with Crippen molar-refractivity contribution in [3.8, 4) is 0 Å². The predicted octanol–water partition coefficient (Wildman–Crippen LogP) is 3.50. The van der Waals surface area contributed by atoms with E-state index in [9.17, 15) is 33.3 Å². The topological polar surface area (TPSA) is 168 Å². The first-order valence-electron chi connectivity index (χ1n) is 20.0. The lowest BCUT2D eigenvalue weighted by Crippen LogP contribution is -2.60. The Morgan fingerprint density at radius 2 is 1.77 bits per heavy atom. The van der Waals surface area contributed by atoms with Crippen molar-refractivity contribution in [2.45, 2.75) is 166 Å². The summed E-state index contributed by atoms with van der Waals surface area (Å²) >= 11 is 0. The maximum Gasteiger partial charge on any atom is 0.433 e. The predicted molar refractivity (Wildman–Crippen MR) is 199 cm³/mol. The highest BCUT2D eigenvalue weighted by molar-refractivity contribution is 5.73. The minimum Gasteiger partial charge on any atom is -0.459 e. The normalized spacial score (nSPS) is 41.9. The molecule has 5 heterocycles. The van der Waals surface area contributed by atoms with Gasteiger partial charge in [0.2, 0.25) is 5.95 Å². The number of aliphatic hydroxyl groups excluding tert-OH is 2. The third-order valence-corrected chi connectivity index (χ3v) is 12.4. The van der Waals surface area contributed by atoms with E-state index in [0.717, 1.165) is 12.3 Å². The number of alkyl halides is 3. The highest BCUT2D eigenvalue weighted by Crippen LogP contribution is 2.48. The molecule has 0 aliphatic carbocycles. The van der Waals surface area contributed by atoms with Crippen LogP contribution in [-0.4, -0.2) is 142 Å².